The number of nitro groups is 1. The van der Waals surface area contributed by atoms with E-state index in [1.54, 1.807) is 12.1 Å². The summed E-state index contributed by atoms with van der Waals surface area (Å²) in [5.41, 5.74) is 0.717. The van der Waals surface area contributed by atoms with Gasteiger partial charge in [0.2, 0.25) is 5.91 Å². The van der Waals surface area contributed by atoms with Gasteiger partial charge in [-0.2, -0.15) is 0 Å². The standard InChI is InChI=1S/C14H18N2O5/c1-21-14(18)4-2-3-9-15-13(17)10-11-5-7-12(8-6-11)16(19)20/h5-8H,2-4,9-10H2,1H3,(H,15,17). The summed E-state index contributed by atoms with van der Waals surface area (Å²) < 4.78 is 4.51. The average molecular weight is 294 g/mol. The van der Waals surface area contributed by atoms with Gasteiger partial charge >= 0.3 is 5.97 Å². The van der Waals surface area contributed by atoms with Gasteiger partial charge in [0.15, 0.2) is 0 Å². The molecule has 1 rings (SSSR count). The van der Waals surface area contributed by atoms with Gasteiger partial charge < -0.3 is 10.1 Å². The van der Waals surface area contributed by atoms with Crippen LogP contribution in [0.1, 0.15) is 24.8 Å². The number of methoxy groups -OCH3 is 1. The van der Waals surface area contributed by atoms with Crippen LogP contribution in [0.3, 0.4) is 0 Å². The molecule has 0 bridgehead atoms. The van der Waals surface area contributed by atoms with Gasteiger partial charge in [-0.3, -0.25) is 19.7 Å². The van der Waals surface area contributed by atoms with E-state index in [2.05, 4.69) is 10.1 Å². The molecule has 0 aliphatic heterocycles. The molecule has 1 aromatic rings. The topological polar surface area (TPSA) is 98.5 Å². The van der Waals surface area contributed by atoms with E-state index in [-0.39, 0.29) is 24.0 Å². The molecule has 7 nitrogen and oxygen atoms in total. The number of carbonyl (C=O) groups is 2. The summed E-state index contributed by atoms with van der Waals surface area (Å²) >= 11 is 0. The SMILES string of the molecule is COC(=O)CCCCNC(=O)Cc1ccc([N+](=O)[O-])cc1. The molecule has 0 aliphatic carbocycles. The first-order valence-electron chi connectivity index (χ1n) is 6.59. The molecule has 0 aromatic heterocycles. The van der Waals surface area contributed by atoms with E-state index in [1.807, 2.05) is 0 Å². The highest BCUT2D eigenvalue weighted by Crippen LogP contribution is 2.12. The molecule has 114 valence electrons. The van der Waals surface area contributed by atoms with Crippen LogP contribution in [-0.2, 0) is 20.7 Å². The third-order valence-electron chi connectivity index (χ3n) is 2.87. The molecule has 0 saturated carbocycles. The molecule has 1 N–H and O–H groups in total. The monoisotopic (exact) mass is 294 g/mol. The molecular formula is C14H18N2O5. The largest absolute Gasteiger partial charge is 0.469 e. The van der Waals surface area contributed by atoms with E-state index in [4.69, 9.17) is 0 Å². The molecule has 1 amide bonds. The third-order valence-corrected chi connectivity index (χ3v) is 2.87. The normalized spacial score (nSPS) is 9.95. The highest BCUT2D eigenvalue weighted by Gasteiger charge is 2.07. The number of nitrogens with zero attached hydrogens (tertiary/aromatic N) is 1. The van der Waals surface area contributed by atoms with Gasteiger partial charge in [0.25, 0.3) is 5.69 Å². The molecule has 0 unspecified atom stereocenters. The number of amides is 1. The minimum Gasteiger partial charge on any atom is -0.469 e. The first-order valence-corrected chi connectivity index (χ1v) is 6.59. The second-order valence-electron chi connectivity index (χ2n) is 4.48. The van der Waals surface area contributed by atoms with Crippen LogP contribution in [0.25, 0.3) is 0 Å². The first kappa shape index (κ1) is 16.6. The van der Waals surface area contributed by atoms with Gasteiger partial charge in [0.05, 0.1) is 18.5 Å². The second-order valence-corrected chi connectivity index (χ2v) is 4.48. The van der Waals surface area contributed by atoms with Crippen molar-refractivity contribution >= 4 is 17.6 Å². The number of nitro benzene ring substituents is 1. The first-order chi connectivity index (χ1) is 10.0. The number of hydrogen-bond donors (Lipinski definition) is 1. The van der Waals surface area contributed by atoms with E-state index in [9.17, 15) is 19.7 Å². The van der Waals surface area contributed by atoms with Crippen molar-refractivity contribution in [3.05, 3.63) is 39.9 Å². The number of carbonyl (C=O) groups excluding carboxylic acids is 2. The molecule has 21 heavy (non-hydrogen) atoms. The average Bonchev–Trinajstić information content (AvgIpc) is 2.47. The predicted molar refractivity (Wildman–Crippen MR) is 75.7 cm³/mol. The molecule has 0 heterocycles. The summed E-state index contributed by atoms with van der Waals surface area (Å²) in [6.45, 7) is 0.489. The fourth-order valence-corrected chi connectivity index (χ4v) is 1.71. The van der Waals surface area contributed by atoms with E-state index >= 15 is 0 Å². The van der Waals surface area contributed by atoms with Gasteiger partial charge in [0, 0.05) is 25.1 Å². The van der Waals surface area contributed by atoms with Gasteiger partial charge in [-0.05, 0) is 18.4 Å². The molecule has 0 aliphatic rings. The summed E-state index contributed by atoms with van der Waals surface area (Å²) in [5, 5.41) is 13.2. The summed E-state index contributed by atoms with van der Waals surface area (Å²) in [7, 11) is 1.34. The van der Waals surface area contributed by atoms with Gasteiger partial charge in [-0.1, -0.05) is 12.1 Å². The Morgan fingerprint density at radius 2 is 1.90 bits per heavy atom. The number of nitrogens with one attached hydrogen (secondary N) is 1. The molecule has 0 fully saturated rings. The molecule has 7 heteroatoms. The van der Waals surface area contributed by atoms with E-state index in [0.29, 0.717) is 31.4 Å². The van der Waals surface area contributed by atoms with E-state index in [1.165, 1.54) is 19.2 Å². The number of benzene rings is 1. The van der Waals surface area contributed by atoms with Crippen LogP contribution in [-0.4, -0.2) is 30.5 Å². The Hall–Kier alpha value is -2.44. The predicted octanol–water partition coefficient (Wildman–Crippen LogP) is 1.60. The molecule has 0 atom stereocenters. The zero-order chi connectivity index (χ0) is 15.7. The Balaban J connectivity index is 2.24. The van der Waals surface area contributed by atoms with Gasteiger partial charge in [0.1, 0.15) is 0 Å². The van der Waals surface area contributed by atoms with Crippen molar-refractivity contribution in [3.63, 3.8) is 0 Å². The maximum atomic E-state index is 11.6. The van der Waals surface area contributed by atoms with Crippen LogP contribution in [0.2, 0.25) is 0 Å². The lowest BCUT2D eigenvalue weighted by molar-refractivity contribution is -0.384. The van der Waals surface area contributed by atoms with E-state index < -0.39 is 4.92 Å². The highest BCUT2D eigenvalue weighted by atomic mass is 16.6. The van der Waals surface area contributed by atoms with Crippen LogP contribution >= 0.6 is 0 Å². The Labute approximate surface area is 122 Å². The Kier molecular flexibility index (Phi) is 6.86. The van der Waals surface area contributed by atoms with Crippen molar-refractivity contribution in [1.29, 1.82) is 0 Å². The van der Waals surface area contributed by atoms with Crippen LogP contribution in [0.4, 0.5) is 5.69 Å². The third kappa shape index (κ3) is 6.51. The lowest BCUT2D eigenvalue weighted by Gasteiger charge is -2.05. The lowest BCUT2D eigenvalue weighted by atomic mass is 10.1. The summed E-state index contributed by atoms with van der Waals surface area (Å²) in [4.78, 5) is 32.5. The van der Waals surface area contributed by atoms with Crippen molar-refractivity contribution in [2.45, 2.75) is 25.7 Å². The van der Waals surface area contributed by atoms with E-state index in [0.717, 1.165) is 0 Å². The molecule has 1 aromatic carbocycles. The quantitative estimate of drug-likeness (QED) is 0.340. The van der Waals surface area contributed by atoms with Crippen LogP contribution < -0.4 is 5.32 Å². The second kappa shape index (κ2) is 8.68. The molecule has 0 saturated heterocycles. The fraction of sp³-hybridized carbons (Fsp3) is 0.429. The maximum Gasteiger partial charge on any atom is 0.305 e. The molecular weight excluding hydrogens is 276 g/mol. The summed E-state index contributed by atoms with van der Waals surface area (Å²) in [6, 6.07) is 5.88. The van der Waals surface area contributed by atoms with Crippen molar-refractivity contribution in [2.24, 2.45) is 0 Å². The Morgan fingerprint density at radius 1 is 1.24 bits per heavy atom. The van der Waals surface area contributed by atoms with Crippen molar-refractivity contribution < 1.29 is 19.2 Å². The minimum atomic E-state index is -0.481. The summed E-state index contributed by atoms with van der Waals surface area (Å²) in [6.07, 6.45) is 1.87. The molecule has 0 spiro atoms. The van der Waals surface area contributed by atoms with Crippen molar-refractivity contribution in [1.82, 2.24) is 5.32 Å². The van der Waals surface area contributed by atoms with Crippen molar-refractivity contribution in [3.8, 4) is 0 Å². The summed E-state index contributed by atoms with van der Waals surface area (Å²) in [5.74, 6) is -0.408. The zero-order valence-corrected chi connectivity index (χ0v) is 11.8. The fourth-order valence-electron chi connectivity index (χ4n) is 1.71. The number of rotatable bonds is 8. The van der Waals surface area contributed by atoms with Crippen LogP contribution in [0.5, 0.6) is 0 Å². The maximum absolute atomic E-state index is 11.6. The van der Waals surface area contributed by atoms with Crippen LogP contribution in [0, 0.1) is 10.1 Å². The van der Waals surface area contributed by atoms with Gasteiger partial charge in [-0.25, -0.2) is 0 Å². The minimum absolute atomic E-state index is 0.00182. The molecule has 0 radical (unpaired) electrons. The number of ether oxygens (including phenoxy) is 1. The highest BCUT2D eigenvalue weighted by molar-refractivity contribution is 5.78. The van der Waals surface area contributed by atoms with Crippen LogP contribution in [0.15, 0.2) is 24.3 Å². The number of non-ortho nitro benzene ring substituents is 1. The number of unbranched alkanes of at least 4 members (excludes halogenated alkanes) is 1. The smallest absolute Gasteiger partial charge is 0.305 e. The Bertz CT molecular complexity index is 499. The number of esters is 1. The number of hydrogen-bond acceptors (Lipinski definition) is 5. The lowest BCUT2D eigenvalue weighted by Crippen LogP contribution is -2.26. The van der Waals surface area contributed by atoms with Crippen molar-refractivity contribution in [2.75, 3.05) is 13.7 Å². The van der Waals surface area contributed by atoms with Gasteiger partial charge in [-0.15, -0.1) is 0 Å². The Morgan fingerprint density at radius 3 is 2.48 bits per heavy atom. The zero-order valence-electron chi connectivity index (χ0n) is 11.8.